The standard InChI is InChI=1S/C12H20N2O5/c1-7(2)12(3-4-13-6-12)11(19)14-8(10(17)18)5-9(15)16/h7-8,13H,3-6H2,1-2H3,(H,14,19)(H,15,16)(H,17,18). The Morgan fingerprint density at radius 1 is 1.32 bits per heavy atom. The van der Waals surface area contributed by atoms with Crippen LogP contribution in [-0.4, -0.2) is 47.2 Å². The minimum atomic E-state index is -1.39. The van der Waals surface area contributed by atoms with E-state index in [1.54, 1.807) is 0 Å². The molecule has 1 amide bonds. The maximum absolute atomic E-state index is 12.3. The molecule has 7 heteroatoms. The Balaban J connectivity index is 2.80. The zero-order valence-electron chi connectivity index (χ0n) is 11.1. The Kier molecular flexibility index (Phi) is 4.88. The Morgan fingerprint density at radius 3 is 2.32 bits per heavy atom. The molecule has 1 fully saturated rings. The number of carbonyl (C=O) groups is 3. The van der Waals surface area contributed by atoms with Gasteiger partial charge >= 0.3 is 11.9 Å². The highest BCUT2D eigenvalue weighted by Gasteiger charge is 2.45. The Morgan fingerprint density at radius 2 is 1.95 bits per heavy atom. The summed E-state index contributed by atoms with van der Waals surface area (Å²) in [7, 11) is 0. The van der Waals surface area contributed by atoms with Crippen molar-refractivity contribution < 1.29 is 24.6 Å². The summed E-state index contributed by atoms with van der Waals surface area (Å²) in [5, 5.41) is 23.0. The second-order valence-electron chi connectivity index (χ2n) is 5.20. The lowest BCUT2D eigenvalue weighted by atomic mass is 9.75. The topological polar surface area (TPSA) is 116 Å². The maximum Gasteiger partial charge on any atom is 0.326 e. The second kappa shape index (κ2) is 6.01. The normalized spacial score (nSPS) is 24.2. The van der Waals surface area contributed by atoms with Gasteiger partial charge in [0.2, 0.25) is 5.91 Å². The molecular formula is C12H20N2O5. The van der Waals surface area contributed by atoms with E-state index in [1.165, 1.54) is 0 Å². The largest absolute Gasteiger partial charge is 0.481 e. The highest BCUT2D eigenvalue weighted by molar-refractivity contribution is 5.90. The molecule has 1 heterocycles. The van der Waals surface area contributed by atoms with Gasteiger partial charge in [0.05, 0.1) is 11.8 Å². The van der Waals surface area contributed by atoms with Crippen LogP contribution < -0.4 is 10.6 Å². The van der Waals surface area contributed by atoms with Crippen LogP contribution in [0.1, 0.15) is 26.7 Å². The molecule has 0 aromatic heterocycles. The average Bonchev–Trinajstić information content (AvgIpc) is 2.77. The molecule has 108 valence electrons. The monoisotopic (exact) mass is 272 g/mol. The van der Waals surface area contributed by atoms with Crippen molar-refractivity contribution in [1.29, 1.82) is 0 Å². The van der Waals surface area contributed by atoms with Crippen LogP contribution >= 0.6 is 0 Å². The van der Waals surface area contributed by atoms with E-state index in [1.807, 2.05) is 13.8 Å². The van der Waals surface area contributed by atoms with E-state index in [-0.39, 0.29) is 11.8 Å². The first-order chi connectivity index (χ1) is 8.79. The predicted molar refractivity (Wildman–Crippen MR) is 66.6 cm³/mol. The smallest absolute Gasteiger partial charge is 0.326 e. The molecule has 0 bridgehead atoms. The van der Waals surface area contributed by atoms with Gasteiger partial charge in [-0.25, -0.2) is 4.79 Å². The minimum absolute atomic E-state index is 0.0433. The first-order valence-corrected chi connectivity index (χ1v) is 6.26. The fraction of sp³-hybridized carbons (Fsp3) is 0.750. The molecule has 0 spiro atoms. The molecule has 0 aromatic rings. The van der Waals surface area contributed by atoms with Crippen LogP contribution in [0.4, 0.5) is 0 Å². The van der Waals surface area contributed by atoms with E-state index < -0.39 is 29.8 Å². The van der Waals surface area contributed by atoms with E-state index in [9.17, 15) is 14.4 Å². The lowest BCUT2D eigenvalue weighted by Gasteiger charge is -2.32. The minimum Gasteiger partial charge on any atom is -0.481 e. The third-order valence-corrected chi connectivity index (χ3v) is 3.73. The summed E-state index contributed by atoms with van der Waals surface area (Å²) in [5.41, 5.74) is -0.661. The number of carboxylic acid groups (broad SMARTS) is 2. The van der Waals surface area contributed by atoms with Gasteiger partial charge in [-0.05, 0) is 18.9 Å². The van der Waals surface area contributed by atoms with Gasteiger partial charge in [0.25, 0.3) is 0 Å². The van der Waals surface area contributed by atoms with Crippen molar-refractivity contribution in [3.05, 3.63) is 0 Å². The van der Waals surface area contributed by atoms with Gasteiger partial charge in [-0.1, -0.05) is 13.8 Å². The summed E-state index contributed by atoms with van der Waals surface area (Å²) in [4.78, 5) is 33.9. The summed E-state index contributed by atoms with van der Waals surface area (Å²) in [6, 6.07) is -1.39. The van der Waals surface area contributed by atoms with Gasteiger partial charge in [0.1, 0.15) is 6.04 Å². The van der Waals surface area contributed by atoms with Gasteiger partial charge < -0.3 is 20.8 Å². The maximum atomic E-state index is 12.3. The summed E-state index contributed by atoms with van der Waals surface area (Å²) >= 11 is 0. The van der Waals surface area contributed by atoms with Crippen molar-refractivity contribution >= 4 is 17.8 Å². The molecule has 1 aliphatic rings. The molecule has 2 unspecified atom stereocenters. The van der Waals surface area contributed by atoms with Crippen LogP contribution in [0.15, 0.2) is 0 Å². The molecule has 1 rings (SSSR count). The Labute approximate surface area is 111 Å². The molecule has 19 heavy (non-hydrogen) atoms. The molecule has 0 aliphatic carbocycles. The first-order valence-electron chi connectivity index (χ1n) is 6.26. The summed E-state index contributed by atoms with van der Waals surface area (Å²) in [6.07, 6.45) is -0.00140. The molecular weight excluding hydrogens is 252 g/mol. The quantitative estimate of drug-likeness (QED) is 0.526. The molecule has 4 N–H and O–H groups in total. The third kappa shape index (κ3) is 3.44. The van der Waals surface area contributed by atoms with E-state index in [0.717, 1.165) is 0 Å². The van der Waals surface area contributed by atoms with Crippen LogP contribution in [0.5, 0.6) is 0 Å². The number of hydrogen-bond donors (Lipinski definition) is 4. The zero-order valence-corrected chi connectivity index (χ0v) is 11.1. The van der Waals surface area contributed by atoms with Crippen LogP contribution in [0, 0.1) is 11.3 Å². The van der Waals surface area contributed by atoms with Crippen molar-refractivity contribution in [1.82, 2.24) is 10.6 Å². The predicted octanol–water partition coefficient (Wildman–Crippen LogP) is -0.334. The molecule has 0 aromatic carbocycles. The van der Waals surface area contributed by atoms with E-state index >= 15 is 0 Å². The molecule has 0 radical (unpaired) electrons. The van der Waals surface area contributed by atoms with Gasteiger partial charge in [0, 0.05) is 6.54 Å². The lowest BCUT2D eigenvalue weighted by Crippen LogP contribution is -2.52. The zero-order chi connectivity index (χ0) is 14.6. The molecule has 1 saturated heterocycles. The number of amides is 1. The fourth-order valence-electron chi connectivity index (χ4n) is 2.34. The van der Waals surface area contributed by atoms with Crippen molar-refractivity contribution in [2.75, 3.05) is 13.1 Å². The van der Waals surface area contributed by atoms with Crippen molar-refractivity contribution in [2.45, 2.75) is 32.7 Å². The van der Waals surface area contributed by atoms with Crippen LogP contribution in [0.2, 0.25) is 0 Å². The number of carbonyl (C=O) groups excluding carboxylic acids is 1. The number of nitrogens with one attached hydrogen (secondary N) is 2. The van der Waals surface area contributed by atoms with Crippen LogP contribution in [0.25, 0.3) is 0 Å². The molecule has 0 saturated carbocycles. The summed E-state index contributed by atoms with van der Waals surface area (Å²) in [5.74, 6) is -2.93. The van der Waals surface area contributed by atoms with Crippen molar-refractivity contribution in [3.8, 4) is 0 Å². The lowest BCUT2D eigenvalue weighted by molar-refractivity contribution is -0.148. The molecule has 1 aliphatic heterocycles. The highest BCUT2D eigenvalue weighted by atomic mass is 16.4. The fourth-order valence-corrected chi connectivity index (χ4v) is 2.34. The van der Waals surface area contributed by atoms with Crippen molar-refractivity contribution in [3.63, 3.8) is 0 Å². The van der Waals surface area contributed by atoms with E-state index in [0.29, 0.717) is 19.5 Å². The van der Waals surface area contributed by atoms with Crippen LogP contribution in [-0.2, 0) is 14.4 Å². The number of hydrogen-bond acceptors (Lipinski definition) is 4. The summed E-state index contributed by atoms with van der Waals surface area (Å²) in [6.45, 7) is 4.98. The Bertz CT molecular complexity index is 374. The van der Waals surface area contributed by atoms with Crippen molar-refractivity contribution in [2.24, 2.45) is 11.3 Å². The van der Waals surface area contributed by atoms with Gasteiger partial charge in [0.15, 0.2) is 0 Å². The van der Waals surface area contributed by atoms with E-state index in [2.05, 4.69) is 10.6 Å². The van der Waals surface area contributed by atoms with Gasteiger partial charge in [-0.15, -0.1) is 0 Å². The molecule has 7 nitrogen and oxygen atoms in total. The average molecular weight is 272 g/mol. The third-order valence-electron chi connectivity index (χ3n) is 3.73. The summed E-state index contributed by atoms with van der Waals surface area (Å²) < 4.78 is 0. The first kappa shape index (κ1) is 15.4. The van der Waals surface area contributed by atoms with Crippen LogP contribution in [0.3, 0.4) is 0 Å². The van der Waals surface area contributed by atoms with Gasteiger partial charge in [-0.2, -0.15) is 0 Å². The van der Waals surface area contributed by atoms with E-state index in [4.69, 9.17) is 10.2 Å². The SMILES string of the molecule is CC(C)C1(C(=O)NC(CC(=O)O)C(=O)O)CCNC1. The molecule has 2 atom stereocenters. The highest BCUT2D eigenvalue weighted by Crippen LogP contribution is 2.34. The number of rotatable bonds is 6. The number of aliphatic carboxylic acids is 2. The second-order valence-corrected chi connectivity index (χ2v) is 5.20. The number of carboxylic acids is 2. The Hall–Kier alpha value is -1.63. The van der Waals surface area contributed by atoms with Gasteiger partial charge in [-0.3, -0.25) is 9.59 Å².